The summed E-state index contributed by atoms with van der Waals surface area (Å²) >= 11 is 0. The second-order valence-corrected chi connectivity index (χ2v) is 2.58. The summed E-state index contributed by atoms with van der Waals surface area (Å²) in [7, 11) is 0. The van der Waals surface area contributed by atoms with Crippen LogP contribution >= 0.6 is 0 Å². The number of likely N-dealkylation sites (tertiary alicyclic amines) is 1. The SMILES string of the molecule is O=[C-]NCCN1CCCC1.[Y].[Y]. The van der Waals surface area contributed by atoms with Gasteiger partial charge in [0.15, 0.2) is 0 Å². The molecule has 0 aromatic heterocycles. The third-order valence-electron chi connectivity index (χ3n) is 1.82. The minimum atomic E-state index is 0. The number of nitrogens with one attached hydrogen (secondary N) is 1. The molecule has 1 saturated heterocycles. The van der Waals surface area contributed by atoms with Gasteiger partial charge in [-0.15, -0.1) is 0 Å². The normalized spacial score (nSPS) is 16.0. The fraction of sp³-hybridized carbons (Fsp3) is 0.857. The van der Waals surface area contributed by atoms with Gasteiger partial charge in [-0.3, -0.25) is 0 Å². The van der Waals surface area contributed by atoms with Crippen molar-refractivity contribution in [2.75, 3.05) is 26.2 Å². The Morgan fingerprint density at radius 3 is 2.33 bits per heavy atom. The monoisotopic (exact) mass is 319 g/mol. The molecule has 5 heteroatoms. The van der Waals surface area contributed by atoms with Gasteiger partial charge in [-0.25, -0.2) is 0 Å². The zero-order valence-corrected chi connectivity index (χ0v) is 12.9. The van der Waals surface area contributed by atoms with Crippen LogP contribution in [0.1, 0.15) is 12.8 Å². The number of amides is 1. The van der Waals surface area contributed by atoms with Crippen LogP contribution in [0.2, 0.25) is 0 Å². The Morgan fingerprint density at radius 2 is 1.83 bits per heavy atom. The van der Waals surface area contributed by atoms with Crippen LogP contribution in [0.3, 0.4) is 0 Å². The van der Waals surface area contributed by atoms with Gasteiger partial charge in [-0.2, -0.15) is 6.41 Å². The fourth-order valence-electron chi connectivity index (χ4n) is 1.27. The van der Waals surface area contributed by atoms with Crippen molar-refractivity contribution in [1.82, 2.24) is 10.2 Å². The summed E-state index contributed by atoms with van der Waals surface area (Å²) in [5.74, 6) is 0. The van der Waals surface area contributed by atoms with E-state index in [0.29, 0.717) is 0 Å². The van der Waals surface area contributed by atoms with E-state index in [0.717, 1.165) is 13.1 Å². The Labute approximate surface area is 124 Å². The summed E-state index contributed by atoms with van der Waals surface area (Å²) in [6.07, 6.45) is 4.29. The Kier molecular flexibility index (Phi) is 14.4. The largest absolute Gasteiger partial charge is 0.529 e. The van der Waals surface area contributed by atoms with Gasteiger partial charge in [0.05, 0.1) is 0 Å². The molecule has 0 bridgehead atoms. The summed E-state index contributed by atoms with van der Waals surface area (Å²) < 4.78 is 0. The van der Waals surface area contributed by atoms with Crippen molar-refractivity contribution in [2.24, 2.45) is 0 Å². The first kappa shape index (κ1) is 16.1. The van der Waals surface area contributed by atoms with Crippen LogP contribution in [0.15, 0.2) is 0 Å². The van der Waals surface area contributed by atoms with Gasteiger partial charge >= 0.3 is 0 Å². The van der Waals surface area contributed by atoms with Crippen molar-refractivity contribution in [3.8, 4) is 0 Å². The predicted molar refractivity (Wildman–Crippen MR) is 39.4 cm³/mol. The van der Waals surface area contributed by atoms with Crippen LogP contribution in [-0.4, -0.2) is 37.5 Å². The Balaban J connectivity index is 0. The van der Waals surface area contributed by atoms with E-state index >= 15 is 0 Å². The Bertz CT molecular complexity index is 108. The van der Waals surface area contributed by atoms with Crippen molar-refractivity contribution in [3.05, 3.63) is 0 Å². The third-order valence-corrected chi connectivity index (χ3v) is 1.82. The van der Waals surface area contributed by atoms with Crippen LogP contribution in [0.4, 0.5) is 0 Å². The molecule has 1 aliphatic heterocycles. The number of carbonyl (C=O) groups excluding carboxylic acids is 1. The second-order valence-electron chi connectivity index (χ2n) is 2.58. The zero-order chi connectivity index (χ0) is 7.23. The second kappa shape index (κ2) is 10.7. The Hall–Kier alpha value is 1.64. The quantitative estimate of drug-likeness (QED) is 0.440. The Morgan fingerprint density at radius 1 is 1.25 bits per heavy atom. The van der Waals surface area contributed by atoms with Crippen LogP contribution in [0.25, 0.3) is 0 Å². The average Bonchev–Trinajstić information content (AvgIpc) is 2.41. The topological polar surface area (TPSA) is 32.3 Å². The molecule has 1 N–H and O–H groups in total. The molecule has 64 valence electrons. The maximum atomic E-state index is 9.72. The van der Waals surface area contributed by atoms with Gasteiger partial charge < -0.3 is 15.0 Å². The van der Waals surface area contributed by atoms with E-state index in [1.54, 1.807) is 6.41 Å². The molecular formula is C7H13N2OY2-. The average molecular weight is 319 g/mol. The number of hydrogen-bond acceptors (Lipinski definition) is 2. The molecule has 12 heavy (non-hydrogen) atoms. The fourth-order valence-corrected chi connectivity index (χ4v) is 1.27. The minimum absolute atomic E-state index is 0. The standard InChI is InChI=1S/C7H13N2O.2Y/c10-7-8-3-6-9-4-1-2-5-9;;/h1-6H2,(H,8,10);;/q-1;;. The molecule has 0 unspecified atom stereocenters. The van der Waals surface area contributed by atoms with E-state index in [2.05, 4.69) is 10.2 Å². The maximum absolute atomic E-state index is 9.72. The molecule has 1 heterocycles. The van der Waals surface area contributed by atoms with Gasteiger partial charge in [-0.05, 0) is 32.5 Å². The first-order valence-corrected chi connectivity index (χ1v) is 3.76. The van der Waals surface area contributed by atoms with Crippen LogP contribution in [0.5, 0.6) is 0 Å². The molecule has 1 rings (SSSR count). The molecule has 0 atom stereocenters. The molecular weight excluding hydrogens is 306 g/mol. The van der Waals surface area contributed by atoms with Crippen molar-refractivity contribution in [1.29, 1.82) is 0 Å². The summed E-state index contributed by atoms with van der Waals surface area (Å²) in [5.41, 5.74) is 0. The van der Waals surface area contributed by atoms with Crippen LogP contribution < -0.4 is 5.32 Å². The van der Waals surface area contributed by atoms with E-state index in [4.69, 9.17) is 0 Å². The summed E-state index contributed by atoms with van der Waals surface area (Å²) in [4.78, 5) is 12.1. The molecule has 0 aromatic carbocycles. The van der Waals surface area contributed by atoms with Crippen LogP contribution in [-0.2, 0) is 70.2 Å². The van der Waals surface area contributed by atoms with Crippen molar-refractivity contribution in [2.45, 2.75) is 12.8 Å². The number of nitrogens with zero attached hydrogens (tertiary/aromatic N) is 1. The van der Waals surface area contributed by atoms with Crippen molar-refractivity contribution in [3.63, 3.8) is 0 Å². The van der Waals surface area contributed by atoms with Crippen molar-refractivity contribution < 1.29 is 70.2 Å². The van der Waals surface area contributed by atoms with E-state index in [-0.39, 0.29) is 65.4 Å². The number of rotatable bonds is 4. The summed E-state index contributed by atoms with van der Waals surface area (Å²) in [6, 6.07) is 0. The third kappa shape index (κ3) is 7.08. The first-order chi connectivity index (χ1) is 4.93. The molecule has 1 amide bonds. The van der Waals surface area contributed by atoms with E-state index in [1.165, 1.54) is 25.9 Å². The summed E-state index contributed by atoms with van der Waals surface area (Å²) in [6.45, 7) is 4.11. The molecule has 1 aliphatic rings. The molecule has 0 aromatic rings. The molecule has 2 radical (unpaired) electrons. The van der Waals surface area contributed by atoms with Gasteiger partial charge in [0.25, 0.3) is 0 Å². The smallest absolute Gasteiger partial charge is 0.0130 e. The summed E-state index contributed by atoms with van der Waals surface area (Å²) in [5, 5.41) is 2.53. The first-order valence-electron chi connectivity index (χ1n) is 3.76. The van der Waals surface area contributed by atoms with E-state index in [1.807, 2.05) is 0 Å². The van der Waals surface area contributed by atoms with Gasteiger partial charge in [0, 0.05) is 72.0 Å². The van der Waals surface area contributed by atoms with Crippen LogP contribution in [0, 0.1) is 0 Å². The molecule has 0 aliphatic carbocycles. The van der Waals surface area contributed by atoms with Gasteiger partial charge in [-0.1, -0.05) is 0 Å². The number of hydrogen-bond donors (Lipinski definition) is 1. The van der Waals surface area contributed by atoms with Gasteiger partial charge in [0.1, 0.15) is 0 Å². The van der Waals surface area contributed by atoms with E-state index in [9.17, 15) is 4.79 Å². The molecule has 1 fully saturated rings. The zero-order valence-electron chi connectivity index (χ0n) is 7.25. The minimum Gasteiger partial charge on any atom is -0.529 e. The molecule has 0 saturated carbocycles. The molecule has 3 nitrogen and oxygen atoms in total. The van der Waals surface area contributed by atoms with E-state index < -0.39 is 0 Å². The maximum Gasteiger partial charge on any atom is 0.0130 e. The predicted octanol–water partition coefficient (Wildman–Crippen LogP) is -0.266. The molecule has 0 spiro atoms. The van der Waals surface area contributed by atoms with Gasteiger partial charge in [0.2, 0.25) is 0 Å². The van der Waals surface area contributed by atoms with Crippen molar-refractivity contribution >= 4 is 6.41 Å².